The van der Waals surface area contributed by atoms with Gasteiger partial charge in [0.15, 0.2) is 0 Å². The zero-order valence-electron chi connectivity index (χ0n) is 14.2. The molecular formula is C19H26N2O3. The fourth-order valence-electron chi connectivity index (χ4n) is 3.72. The summed E-state index contributed by atoms with van der Waals surface area (Å²) in [5.74, 6) is 0.986. The molecule has 5 heteroatoms. The molecule has 0 spiro atoms. The van der Waals surface area contributed by atoms with E-state index in [0.717, 1.165) is 19.3 Å². The van der Waals surface area contributed by atoms with Gasteiger partial charge in [-0.15, -0.1) is 0 Å². The largest absolute Gasteiger partial charge is 0.415 e. The molecule has 0 aromatic heterocycles. The maximum absolute atomic E-state index is 12.7. The minimum atomic E-state index is -0.435. The third-order valence-electron chi connectivity index (χ3n) is 5.18. The second-order valence-corrected chi connectivity index (χ2v) is 6.91. The normalized spacial score (nSPS) is 26.9. The lowest BCUT2D eigenvalue weighted by Crippen LogP contribution is -2.51. The van der Waals surface area contributed by atoms with Crippen LogP contribution in [0.1, 0.15) is 45.4 Å². The smallest absolute Gasteiger partial charge is 0.410 e. The van der Waals surface area contributed by atoms with E-state index in [-0.39, 0.29) is 11.9 Å². The van der Waals surface area contributed by atoms with Crippen LogP contribution < -0.4 is 10.1 Å². The Morgan fingerprint density at radius 1 is 1.08 bits per heavy atom. The molecule has 1 aliphatic carbocycles. The lowest BCUT2D eigenvalue weighted by Gasteiger charge is -2.31. The first-order valence-corrected chi connectivity index (χ1v) is 8.99. The highest BCUT2D eigenvalue weighted by atomic mass is 16.6. The van der Waals surface area contributed by atoms with Gasteiger partial charge in [0.2, 0.25) is 5.91 Å². The summed E-state index contributed by atoms with van der Waals surface area (Å²) in [6.45, 7) is 2.77. The molecule has 0 bridgehead atoms. The molecule has 0 radical (unpaired) electrons. The number of para-hydroxylation sites is 1. The highest BCUT2D eigenvalue weighted by Crippen LogP contribution is 2.25. The molecule has 1 heterocycles. The number of hydrogen-bond donors (Lipinski definition) is 1. The molecule has 0 unspecified atom stereocenters. The lowest BCUT2D eigenvalue weighted by molar-refractivity contribution is -0.126. The molecule has 2 fully saturated rings. The Morgan fingerprint density at radius 2 is 1.83 bits per heavy atom. The quantitative estimate of drug-likeness (QED) is 0.924. The van der Waals surface area contributed by atoms with Crippen molar-refractivity contribution in [1.82, 2.24) is 10.2 Å². The van der Waals surface area contributed by atoms with Crippen molar-refractivity contribution in [2.24, 2.45) is 5.92 Å². The van der Waals surface area contributed by atoms with Crippen LogP contribution in [-0.2, 0) is 4.79 Å². The topological polar surface area (TPSA) is 58.6 Å². The van der Waals surface area contributed by atoms with Crippen LogP contribution in [0, 0.1) is 5.92 Å². The molecule has 2 amide bonds. The summed E-state index contributed by atoms with van der Waals surface area (Å²) in [6, 6.07) is 8.82. The standard InChI is InChI=1S/C19H26N2O3/c1-14-8-5-6-11-16(14)20-18(22)17-12-7-13-21(17)19(23)24-15-9-3-2-4-10-15/h2-4,9-10,14,16-17H,5-8,11-13H2,1H3,(H,20,22)/t14-,16+,17-/m1/s1. The van der Waals surface area contributed by atoms with E-state index >= 15 is 0 Å². The summed E-state index contributed by atoms with van der Waals surface area (Å²) in [4.78, 5) is 26.6. The molecule has 1 saturated carbocycles. The maximum Gasteiger partial charge on any atom is 0.415 e. The number of amides is 2. The number of carbonyl (C=O) groups excluding carboxylic acids is 2. The molecule has 1 N–H and O–H groups in total. The van der Waals surface area contributed by atoms with Gasteiger partial charge in [0.05, 0.1) is 0 Å². The first kappa shape index (κ1) is 16.8. The van der Waals surface area contributed by atoms with Gasteiger partial charge in [0.25, 0.3) is 0 Å². The number of hydrogen-bond acceptors (Lipinski definition) is 3. The predicted octanol–water partition coefficient (Wildman–Crippen LogP) is 3.34. The van der Waals surface area contributed by atoms with Crippen molar-refractivity contribution in [3.05, 3.63) is 30.3 Å². The maximum atomic E-state index is 12.7. The summed E-state index contributed by atoms with van der Waals surface area (Å²) in [7, 11) is 0. The van der Waals surface area contributed by atoms with Crippen molar-refractivity contribution in [2.75, 3.05) is 6.54 Å². The monoisotopic (exact) mass is 330 g/mol. The minimum Gasteiger partial charge on any atom is -0.410 e. The lowest BCUT2D eigenvalue weighted by atomic mass is 9.86. The summed E-state index contributed by atoms with van der Waals surface area (Å²) < 4.78 is 5.40. The van der Waals surface area contributed by atoms with Crippen molar-refractivity contribution >= 4 is 12.0 Å². The van der Waals surface area contributed by atoms with E-state index in [1.165, 1.54) is 12.8 Å². The van der Waals surface area contributed by atoms with E-state index in [1.54, 1.807) is 17.0 Å². The Hall–Kier alpha value is -2.04. The zero-order chi connectivity index (χ0) is 16.9. The van der Waals surface area contributed by atoms with Gasteiger partial charge in [-0.1, -0.05) is 38.0 Å². The summed E-state index contributed by atoms with van der Waals surface area (Å²) >= 11 is 0. The van der Waals surface area contributed by atoms with Gasteiger partial charge in [-0.05, 0) is 43.7 Å². The number of likely N-dealkylation sites (tertiary alicyclic amines) is 1. The first-order valence-electron chi connectivity index (χ1n) is 8.99. The predicted molar refractivity (Wildman–Crippen MR) is 91.8 cm³/mol. The van der Waals surface area contributed by atoms with Gasteiger partial charge in [0.1, 0.15) is 11.8 Å². The van der Waals surface area contributed by atoms with Gasteiger partial charge < -0.3 is 10.1 Å². The average molecular weight is 330 g/mol. The highest BCUT2D eigenvalue weighted by Gasteiger charge is 2.36. The van der Waals surface area contributed by atoms with Crippen molar-refractivity contribution in [2.45, 2.75) is 57.5 Å². The highest BCUT2D eigenvalue weighted by molar-refractivity contribution is 5.86. The van der Waals surface area contributed by atoms with Crippen LogP contribution >= 0.6 is 0 Å². The van der Waals surface area contributed by atoms with E-state index in [0.29, 0.717) is 24.6 Å². The van der Waals surface area contributed by atoms with Crippen molar-refractivity contribution < 1.29 is 14.3 Å². The van der Waals surface area contributed by atoms with Crippen molar-refractivity contribution in [3.63, 3.8) is 0 Å². The Balaban J connectivity index is 1.59. The number of benzene rings is 1. The number of nitrogens with one attached hydrogen (secondary N) is 1. The molecule has 3 rings (SSSR count). The Kier molecular flexibility index (Phi) is 5.38. The third kappa shape index (κ3) is 3.89. The fraction of sp³-hybridized carbons (Fsp3) is 0.579. The number of rotatable bonds is 3. The van der Waals surface area contributed by atoms with Crippen LogP contribution in [0.25, 0.3) is 0 Å². The van der Waals surface area contributed by atoms with Crippen molar-refractivity contribution in [3.8, 4) is 5.75 Å². The first-order chi connectivity index (χ1) is 11.6. The van der Waals surface area contributed by atoms with Crippen LogP contribution in [-0.4, -0.2) is 35.5 Å². The minimum absolute atomic E-state index is 0.0312. The Labute approximate surface area is 143 Å². The molecule has 1 aliphatic heterocycles. The number of nitrogens with zero attached hydrogens (tertiary/aromatic N) is 1. The number of ether oxygens (including phenoxy) is 1. The molecule has 2 aliphatic rings. The Morgan fingerprint density at radius 3 is 2.58 bits per heavy atom. The second-order valence-electron chi connectivity index (χ2n) is 6.91. The molecule has 130 valence electrons. The molecular weight excluding hydrogens is 304 g/mol. The van der Waals surface area contributed by atoms with Crippen LogP contribution in [0.5, 0.6) is 5.75 Å². The van der Waals surface area contributed by atoms with E-state index in [4.69, 9.17) is 4.74 Å². The number of carbonyl (C=O) groups is 2. The van der Waals surface area contributed by atoms with Crippen LogP contribution in [0.4, 0.5) is 4.79 Å². The molecule has 1 aromatic rings. The summed E-state index contributed by atoms with van der Waals surface area (Å²) in [5, 5.41) is 3.17. The molecule has 1 aromatic carbocycles. The molecule has 24 heavy (non-hydrogen) atoms. The van der Waals surface area contributed by atoms with E-state index in [2.05, 4.69) is 12.2 Å². The molecule has 1 saturated heterocycles. The SMILES string of the molecule is C[C@@H]1CCCC[C@@H]1NC(=O)[C@H]1CCCN1C(=O)Oc1ccccc1. The van der Waals surface area contributed by atoms with Crippen molar-refractivity contribution in [1.29, 1.82) is 0 Å². The van der Waals surface area contributed by atoms with E-state index in [1.807, 2.05) is 18.2 Å². The van der Waals surface area contributed by atoms with Gasteiger partial charge in [-0.3, -0.25) is 9.69 Å². The molecule has 5 nitrogen and oxygen atoms in total. The van der Waals surface area contributed by atoms with E-state index in [9.17, 15) is 9.59 Å². The second kappa shape index (κ2) is 7.69. The van der Waals surface area contributed by atoms with Crippen LogP contribution in [0.15, 0.2) is 30.3 Å². The molecule has 3 atom stereocenters. The average Bonchev–Trinajstić information content (AvgIpc) is 3.08. The van der Waals surface area contributed by atoms with Crippen LogP contribution in [0.3, 0.4) is 0 Å². The summed E-state index contributed by atoms with van der Waals surface area (Å²) in [5.41, 5.74) is 0. The fourth-order valence-corrected chi connectivity index (χ4v) is 3.72. The third-order valence-corrected chi connectivity index (χ3v) is 5.18. The summed E-state index contributed by atoms with van der Waals surface area (Å²) in [6.07, 6.45) is 5.71. The van der Waals surface area contributed by atoms with Gasteiger partial charge >= 0.3 is 6.09 Å². The van der Waals surface area contributed by atoms with E-state index < -0.39 is 12.1 Å². The zero-order valence-corrected chi connectivity index (χ0v) is 14.2. The van der Waals surface area contributed by atoms with Gasteiger partial charge in [-0.2, -0.15) is 0 Å². The Bertz CT molecular complexity index is 575. The van der Waals surface area contributed by atoms with Crippen LogP contribution in [0.2, 0.25) is 0 Å². The van der Waals surface area contributed by atoms with Gasteiger partial charge in [-0.25, -0.2) is 4.79 Å². The van der Waals surface area contributed by atoms with Gasteiger partial charge in [0, 0.05) is 12.6 Å².